The first kappa shape index (κ1) is 24.1. The number of rotatable bonds is 7. The number of hydrogen-bond donors (Lipinski definition) is 3. The molecule has 1 aliphatic heterocycles. The van der Waals surface area contributed by atoms with E-state index in [1.165, 1.54) is 31.4 Å². The molecule has 34 heavy (non-hydrogen) atoms. The van der Waals surface area contributed by atoms with Crippen molar-refractivity contribution in [1.29, 1.82) is 0 Å². The molecule has 6 amide bonds. The van der Waals surface area contributed by atoms with Gasteiger partial charge in [-0.2, -0.15) is 5.10 Å². The van der Waals surface area contributed by atoms with Crippen molar-refractivity contribution in [3.63, 3.8) is 0 Å². The van der Waals surface area contributed by atoms with Crippen LogP contribution in [0.2, 0.25) is 0 Å². The summed E-state index contributed by atoms with van der Waals surface area (Å²) in [6, 6.07) is 11.3. The third kappa shape index (κ3) is 5.44. The number of urea groups is 1. The largest absolute Gasteiger partial charge is 0.497 e. The molecule has 0 bridgehead atoms. The van der Waals surface area contributed by atoms with Gasteiger partial charge >= 0.3 is 6.03 Å². The van der Waals surface area contributed by atoms with Crippen molar-refractivity contribution in [1.82, 2.24) is 10.7 Å². The molecular weight excluding hydrogens is 442 g/mol. The van der Waals surface area contributed by atoms with E-state index in [-0.39, 0.29) is 23.1 Å². The number of benzene rings is 2. The zero-order valence-corrected chi connectivity index (χ0v) is 18.7. The fraction of sp³-hybridized carbons (Fsp3) is 0.217. The molecule has 0 aromatic heterocycles. The second-order valence-corrected chi connectivity index (χ2v) is 7.58. The van der Waals surface area contributed by atoms with Crippen LogP contribution in [0.1, 0.15) is 24.2 Å². The van der Waals surface area contributed by atoms with Crippen molar-refractivity contribution in [2.24, 2.45) is 16.9 Å². The molecule has 3 rings (SSSR count). The molecule has 0 saturated carbocycles. The molecule has 11 heteroatoms. The predicted octanol–water partition coefficient (Wildman–Crippen LogP) is 1.90. The number of ether oxygens (including phenoxy) is 1. The molecule has 0 spiro atoms. The van der Waals surface area contributed by atoms with Crippen LogP contribution in [0.15, 0.2) is 53.6 Å². The van der Waals surface area contributed by atoms with Gasteiger partial charge in [0.2, 0.25) is 11.8 Å². The van der Waals surface area contributed by atoms with Gasteiger partial charge in [-0.1, -0.05) is 13.8 Å². The fourth-order valence-electron chi connectivity index (χ4n) is 2.92. The van der Waals surface area contributed by atoms with Gasteiger partial charge < -0.3 is 10.1 Å². The smallest absolute Gasteiger partial charge is 0.335 e. The minimum atomic E-state index is -1.42. The average Bonchev–Trinajstić information content (AvgIpc) is 2.81. The summed E-state index contributed by atoms with van der Waals surface area (Å²) in [5.74, 6) is -3.50. The number of carbonyl (C=O) groups is 5. The minimum Gasteiger partial charge on any atom is -0.497 e. The molecule has 1 fully saturated rings. The molecule has 11 nitrogen and oxygen atoms in total. The van der Waals surface area contributed by atoms with Crippen molar-refractivity contribution in [2.75, 3.05) is 17.3 Å². The minimum absolute atomic E-state index is 0.153. The maximum Gasteiger partial charge on any atom is 0.335 e. The van der Waals surface area contributed by atoms with Crippen molar-refractivity contribution in [3.05, 3.63) is 54.1 Å². The number of amides is 6. The normalized spacial score (nSPS) is 15.9. The second kappa shape index (κ2) is 10.4. The highest BCUT2D eigenvalue weighted by molar-refractivity contribution is 6.32. The van der Waals surface area contributed by atoms with Crippen LogP contribution >= 0.6 is 0 Å². The van der Waals surface area contributed by atoms with Crippen molar-refractivity contribution >= 4 is 47.2 Å². The van der Waals surface area contributed by atoms with E-state index in [9.17, 15) is 24.0 Å². The maximum atomic E-state index is 12.8. The molecule has 3 N–H and O–H groups in total. The van der Waals surface area contributed by atoms with Gasteiger partial charge in [0.15, 0.2) is 5.92 Å². The molecule has 1 aliphatic rings. The van der Waals surface area contributed by atoms with E-state index in [2.05, 4.69) is 21.2 Å². The summed E-state index contributed by atoms with van der Waals surface area (Å²) in [7, 11) is 1.48. The topological polar surface area (TPSA) is 146 Å². The first-order chi connectivity index (χ1) is 16.2. The molecule has 2 aromatic rings. The van der Waals surface area contributed by atoms with E-state index in [0.717, 1.165) is 11.1 Å². The first-order valence-electron chi connectivity index (χ1n) is 10.3. The summed E-state index contributed by atoms with van der Waals surface area (Å²) in [4.78, 5) is 62.0. The fourth-order valence-corrected chi connectivity index (χ4v) is 2.92. The van der Waals surface area contributed by atoms with Crippen LogP contribution in [-0.4, -0.2) is 43.0 Å². The zero-order chi connectivity index (χ0) is 24.8. The number of methoxy groups -OCH3 is 1. The van der Waals surface area contributed by atoms with Gasteiger partial charge in [-0.3, -0.25) is 24.5 Å². The standard InChI is InChI=1S/C23H23N5O6/c1-13(2)19(29)25-15-6-4-14(5-7-15)20(30)27-24-12-18-21(31)26-23(33)28(22(18)32)16-8-10-17(34-3)11-9-16/h4-13,18H,1-3H3,(H,25,29)(H,27,30)(H,26,31,33)/b24-12-/t18-/m0/s1. The molecule has 0 unspecified atom stereocenters. The van der Waals surface area contributed by atoms with Crippen molar-refractivity contribution in [2.45, 2.75) is 13.8 Å². The Morgan fingerprint density at radius 2 is 1.71 bits per heavy atom. The summed E-state index contributed by atoms with van der Waals surface area (Å²) in [6.07, 6.45) is 0.954. The quantitative estimate of drug-likeness (QED) is 0.323. The Labute approximate surface area is 195 Å². The lowest BCUT2D eigenvalue weighted by atomic mass is 10.1. The van der Waals surface area contributed by atoms with Crippen LogP contribution in [0, 0.1) is 11.8 Å². The molecule has 1 atom stereocenters. The Hall–Kier alpha value is -4.54. The van der Waals surface area contributed by atoms with Crippen LogP contribution in [0.4, 0.5) is 16.2 Å². The van der Waals surface area contributed by atoms with E-state index in [1.807, 2.05) is 0 Å². The number of imide groups is 2. The van der Waals surface area contributed by atoms with E-state index >= 15 is 0 Å². The number of hydrogen-bond acceptors (Lipinski definition) is 7. The Morgan fingerprint density at radius 3 is 2.29 bits per heavy atom. The summed E-state index contributed by atoms with van der Waals surface area (Å²) in [5, 5.41) is 8.52. The lowest BCUT2D eigenvalue weighted by molar-refractivity contribution is -0.131. The number of anilines is 2. The summed E-state index contributed by atoms with van der Waals surface area (Å²) < 4.78 is 5.06. The van der Waals surface area contributed by atoms with Crippen LogP contribution in [0.25, 0.3) is 0 Å². The van der Waals surface area contributed by atoms with Gasteiger partial charge in [0.25, 0.3) is 11.8 Å². The molecule has 176 valence electrons. The first-order valence-corrected chi connectivity index (χ1v) is 10.3. The third-order valence-corrected chi connectivity index (χ3v) is 4.86. The summed E-state index contributed by atoms with van der Waals surface area (Å²) in [5.41, 5.74) is 3.25. The van der Waals surface area contributed by atoms with Gasteiger partial charge in [0.05, 0.1) is 12.8 Å². The van der Waals surface area contributed by atoms with Crippen LogP contribution < -0.4 is 25.7 Å². The maximum absolute atomic E-state index is 12.8. The Balaban J connectivity index is 1.66. The predicted molar refractivity (Wildman–Crippen MR) is 123 cm³/mol. The molecule has 1 saturated heterocycles. The monoisotopic (exact) mass is 465 g/mol. The molecule has 0 aliphatic carbocycles. The zero-order valence-electron chi connectivity index (χ0n) is 18.7. The molecule has 0 radical (unpaired) electrons. The van der Waals surface area contributed by atoms with E-state index in [4.69, 9.17) is 4.74 Å². The molecular formula is C23H23N5O6. The van der Waals surface area contributed by atoms with Crippen LogP contribution in [-0.2, 0) is 14.4 Å². The van der Waals surface area contributed by atoms with Crippen molar-refractivity contribution < 1.29 is 28.7 Å². The highest BCUT2D eigenvalue weighted by atomic mass is 16.5. The molecule has 1 heterocycles. The highest BCUT2D eigenvalue weighted by Crippen LogP contribution is 2.23. The van der Waals surface area contributed by atoms with Gasteiger partial charge in [-0.25, -0.2) is 15.1 Å². The molecule has 2 aromatic carbocycles. The lowest BCUT2D eigenvalue weighted by Crippen LogP contribution is -2.58. The summed E-state index contributed by atoms with van der Waals surface area (Å²) in [6.45, 7) is 3.53. The second-order valence-electron chi connectivity index (χ2n) is 7.58. The number of nitrogens with one attached hydrogen (secondary N) is 3. The lowest BCUT2D eigenvalue weighted by Gasteiger charge is -2.28. The van der Waals surface area contributed by atoms with Crippen molar-refractivity contribution in [3.8, 4) is 5.75 Å². The Morgan fingerprint density at radius 1 is 1.06 bits per heavy atom. The van der Waals surface area contributed by atoms with Crippen LogP contribution in [0.3, 0.4) is 0 Å². The summed E-state index contributed by atoms with van der Waals surface area (Å²) >= 11 is 0. The third-order valence-electron chi connectivity index (χ3n) is 4.86. The Bertz CT molecular complexity index is 1140. The van der Waals surface area contributed by atoms with Gasteiger partial charge in [-0.05, 0) is 48.5 Å². The van der Waals surface area contributed by atoms with Gasteiger partial charge in [0.1, 0.15) is 5.75 Å². The van der Waals surface area contributed by atoms with E-state index in [1.54, 1.807) is 38.1 Å². The Kier molecular flexibility index (Phi) is 7.36. The average molecular weight is 465 g/mol. The number of nitrogens with zero attached hydrogens (tertiary/aromatic N) is 2. The number of hydrazone groups is 1. The number of carbonyl (C=O) groups excluding carboxylic acids is 5. The van der Waals surface area contributed by atoms with Gasteiger partial charge in [-0.15, -0.1) is 0 Å². The number of barbiturate groups is 1. The van der Waals surface area contributed by atoms with Gasteiger partial charge in [0, 0.05) is 23.4 Å². The SMILES string of the molecule is COc1ccc(N2C(=O)NC(=O)[C@H](/C=N\NC(=O)c3ccc(NC(=O)C(C)C)cc3)C2=O)cc1. The van der Waals surface area contributed by atoms with E-state index < -0.39 is 29.7 Å². The van der Waals surface area contributed by atoms with E-state index in [0.29, 0.717) is 11.4 Å². The highest BCUT2D eigenvalue weighted by Gasteiger charge is 2.40. The van der Waals surface area contributed by atoms with Crippen LogP contribution in [0.5, 0.6) is 5.75 Å².